The van der Waals surface area contributed by atoms with Crippen molar-refractivity contribution in [3.05, 3.63) is 42.5 Å². The molecule has 0 bridgehead atoms. The summed E-state index contributed by atoms with van der Waals surface area (Å²) >= 11 is 0. The molecule has 2 aromatic rings. The number of anilines is 1. The molecule has 0 atom stereocenters. The zero-order chi connectivity index (χ0) is 11.9. The van der Waals surface area contributed by atoms with Gasteiger partial charge in [-0.2, -0.15) is 0 Å². The van der Waals surface area contributed by atoms with E-state index < -0.39 is 0 Å². The molecule has 0 heterocycles. The molecule has 0 aliphatic carbocycles. The molecular weight excluding hydrogens is 206 g/mol. The second-order valence-electron chi connectivity index (χ2n) is 4.51. The van der Waals surface area contributed by atoms with Crippen LogP contribution in [0.2, 0.25) is 0 Å². The minimum Gasteiger partial charge on any atom is -0.385 e. The number of nitrogens with one attached hydrogen (secondary N) is 1. The van der Waals surface area contributed by atoms with Gasteiger partial charge in [-0.25, -0.2) is 0 Å². The summed E-state index contributed by atoms with van der Waals surface area (Å²) in [5.41, 5.74) is 1.26. The van der Waals surface area contributed by atoms with Crippen molar-refractivity contribution in [2.24, 2.45) is 0 Å². The first-order valence-corrected chi connectivity index (χ1v) is 6.63. The fourth-order valence-electron chi connectivity index (χ4n) is 2.15. The first kappa shape index (κ1) is 12.0. The molecule has 2 rings (SSSR count). The lowest BCUT2D eigenvalue weighted by atomic mass is 10.1. The Bertz CT molecular complexity index is 457. The molecular formula is C16H21N. The second kappa shape index (κ2) is 6.29. The molecule has 17 heavy (non-hydrogen) atoms. The van der Waals surface area contributed by atoms with E-state index in [1.54, 1.807) is 0 Å². The highest BCUT2D eigenvalue weighted by atomic mass is 14.9. The Kier molecular flexibility index (Phi) is 4.43. The lowest BCUT2D eigenvalue weighted by Gasteiger charge is -2.09. The van der Waals surface area contributed by atoms with Gasteiger partial charge in [-0.3, -0.25) is 0 Å². The van der Waals surface area contributed by atoms with Crippen molar-refractivity contribution in [1.82, 2.24) is 0 Å². The summed E-state index contributed by atoms with van der Waals surface area (Å²) in [6, 6.07) is 15.0. The van der Waals surface area contributed by atoms with Gasteiger partial charge < -0.3 is 5.32 Å². The molecule has 0 spiro atoms. The number of unbranched alkanes of at least 4 members (excludes halogenated alkanes) is 3. The predicted molar refractivity (Wildman–Crippen MR) is 76.6 cm³/mol. The van der Waals surface area contributed by atoms with Crippen LogP contribution in [-0.2, 0) is 0 Å². The van der Waals surface area contributed by atoms with Crippen LogP contribution in [0.1, 0.15) is 32.6 Å². The van der Waals surface area contributed by atoms with Gasteiger partial charge in [-0.15, -0.1) is 0 Å². The fraction of sp³-hybridized carbons (Fsp3) is 0.375. The maximum Gasteiger partial charge on any atom is 0.0419 e. The average molecular weight is 227 g/mol. The van der Waals surface area contributed by atoms with Crippen molar-refractivity contribution in [1.29, 1.82) is 0 Å². The van der Waals surface area contributed by atoms with Crippen molar-refractivity contribution in [2.75, 3.05) is 11.9 Å². The largest absolute Gasteiger partial charge is 0.385 e. The summed E-state index contributed by atoms with van der Waals surface area (Å²) in [5.74, 6) is 0. The average Bonchev–Trinajstić information content (AvgIpc) is 2.39. The highest BCUT2D eigenvalue weighted by molar-refractivity contribution is 5.93. The Hall–Kier alpha value is -1.50. The van der Waals surface area contributed by atoms with Crippen molar-refractivity contribution in [3.8, 4) is 0 Å². The minimum absolute atomic E-state index is 1.08. The Morgan fingerprint density at radius 2 is 1.71 bits per heavy atom. The first-order valence-electron chi connectivity index (χ1n) is 6.63. The van der Waals surface area contributed by atoms with E-state index in [4.69, 9.17) is 0 Å². The molecule has 0 saturated heterocycles. The molecule has 1 heteroatoms. The van der Waals surface area contributed by atoms with Crippen LogP contribution in [-0.4, -0.2) is 6.54 Å². The molecule has 2 aromatic carbocycles. The highest BCUT2D eigenvalue weighted by Crippen LogP contribution is 2.22. The molecule has 0 aliphatic rings. The monoisotopic (exact) mass is 227 g/mol. The lowest BCUT2D eigenvalue weighted by molar-refractivity contribution is 0.685. The van der Waals surface area contributed by atoms with Gasteiger partial charge >= 0.3 is 0 Å². The second-order valence-corrected chi connectivity index (χ2v) is 4.51. The minimum atomic E-state index is 1.08. The third-order valence-electron chi connectivity index (χ3n) is 3.14. The Morgan fingerprint density at radius 3 is 2.59 bits per heavy atom. The van der Waals surface area contributed by atoms with E-state index >= 15 is 0 Å². The van der Waals surface area contributed by atoms with E-state index in [2.05, 4.69) is 54.7 Å². The third kappa shape index (κ3) is 3.23. The molecule has 0 amide bonds. The summed E-state index contributed by atoms with van der Waals surface area (Å²) < 4.78 is 0. The standard InChI is InChI=1S/C16H21N/c1-2-3-4-7-13-17-16-12-8-10-14-9-5-6-11-15(14)16/h5-6,8-12,17H,2-4,7,13H2,1H3. The molecule has 0 unspecified atom stereocenters. The smallest absolute Gasteiger partial charge is 0.0419 e. The van der Waals surface area contributed by atoms with Gasteiger partial charge in [-0.1, -0.05) is 62.6 Å². The summed E-state index contributed by atoms with van der Waals surface area (Å²) in [6.45, 7) is 3.33. The number of rotatable bonds is 6. The number of hydrogen-bond donors (Lipinski definition) is 1. The quantitative estimate of drug-likeness (QED) is 0.697. The van der Waals surface area contributed by atoms with Crippen LogP contribution in [0.5, 0.6) is 0 Å². The Balaban J connectivity index is 1.98. The maximum absolute atomic E-state index is 3.55. The highest BCUT2D eigenvalue weighted by Gasteiger charge is 1.98. The van der Waals surface area contributed by atoms with Crippen LogP contribution in [0.25, 0.3) is 10.8 Å². The molecule has 0 radical (unpaired) electrons. The van der Waals surface area contributed by atoms with E-state index in [0.717, 1.165) is 6.54 Å². The van der Waals surface area contributed by atoms with Crippen LogP contribution in [0.15, 0.2) is 42.5 Å². The summed E-state index contributed by atoms with van der Waals surface area (Å²) in [7, 11) is 0. The predicted octanol–water partition coefficient (Wildman–Crippen LogP) is 4.83. The lowest BCUT2D eigenvalue weighted by Crippen LogP contribution is -2.01. The molecule has 1 nitrogen and oxygen atoms in total. The molecule has 0 fully saturated rings. The maximum atomic E-state index is 3.55. The van der Waals surface area contributed by atoms with Gasteiger partial charge in [0.15, 0.2) is 0 Å². The Labute approximate surface area is 104 Å². The molecule has 1 N–H and O–H groups in total. The van der Waals surface area contributed by atoms with Crippen molar-refractivity contribution < 1.29 is 0 Å². The number of fused-ring (bicyclic) bond motifs is 1. The first-order chi connectivity index (χ1) is 8.42. The number of benzene rings is 2. The SMILES string of the molecule is CCCCCCNc1cccc2ccccc12. The summed E-state index contributed by atoms with van der Waals surface area (Å²) in [5, 5.41) is 6.18. The van der Waals surface area contributed by atoms with Crippen LogP contribution in [0, 0.1) is 0 Å². The van der Waals surface area contributed by atoms with Gasteiger partial charge in [0, 0.05) is 17.6 Å². The molecule has 0 aromatic heterocycles. The van der Waals surface area contributed by atoms with Crippen molar-refractivity contribution >= 4 is 16.5 Å². The third-order valence-corrected chi connectivity index (χ3v) is 3.14. The Morgan fingerprint density at radius 1 is 0.882 bits per heavy atom. The van der Waals surface area contributed by atoms with E-state index in [1.165, 1.54) is 42.1 Å². The van der Waals surface area contributed by atoms with E-state index in [0.29, 0.717) is 0 Å². The van der Waals surface area contributed by atoms with Gasteiger partial charge in [0.2, 0.25) is 0 Å². The zero-order valence-electron chi connectivity index (χ0n) is 10.6. The van der Waals surface area contributed by atoms with Crippen molar-refractivity contribution in [2.45, 2.75) is 32.6 Å². The van der Waals surface area contributed by atoms with Crippen LogP contribution in [0.3, 0.4) is 0 Å². The van der Waals surface area contributed by atoms with E-state index in [9.17, 15) is 0 Å². The van der Waals surface area contributed by atoms with E-state index in [1.807, 2.05) is 0 Å². The van der Waals surface area contributed by atoms with E-state index in [-0.39, 0.29) is 0 Å². The normalized spacial score (nSPS) is 10.6. The molecule has 0 aliphatic heterocycles. The summed E-state index contributed by atoms with van der Waals surface area (Å²) in [6.07, 6.45) is 5.23. The summed E-state index contributed by atoms with van der Waals surface area (Å²) in [4.78, 5) is 0. The van der Waals surface area contributed by atoms with Crippen LogP contribution < -0.4 is 5.32 Å². The molecule has 0 saturated carbocycles. The fourth-order valence-corrected chi connectivity index (χ4v) is 2.15. The van der Waals surface area contributed by atoms with Gasteiger partial charge in [0.25, 0.3) is 0 Å². The van der Waals surface area contributed by atoms with Crippen molar-refractivity contribution in [3.63, 3.8) is 0 Å². The number of hydrogen-bond acceptors (Lipinski definition) is 1. The topological polar surface area (TPSA) is 12.0 Å². The molecule has 90 valence electrons. The zero-order valence-corrected chi connectivity index (χ0v) is 10.6. The van der Waals surface area contributed by atoms with Gasteiger partial charge in [0.1, 0.15) is 0 Å². The van der Waals surface area contributed by atoms with Gasteiger partial charge in [0.05, 0.1) is 0 Å². The van der Waals surface area contributed by atoms with Crippen LogP contribution >= 0.6 is 0 Å². The van der Waals surface area contributed by atoms with Gasteiger partial charge in [-0.05, 0) is 17.9 Å². The van der Waals surface area contributed by atoms with Crippen LogP contribution in [0.4, 0.5) is 5.69 Å².